The van der Waals surface area contributed by atoms with Crippen LogP contribution in [0.15, 0.2) is 88.7 Å². The number of benzene rings is 4. The molecule has 1 aliphatic rings. The third-order valence-corrected chi connectivity index (χ3v) is 8.07. The van der Waals surface area contributed by atoms with Crippen LogP contribution in [-0.4, -0.2) is 12.6 Å². The molecule has 6 rings (SSSR count). The summed E-state index contributed by atoms with van der Waals surface area (Å²) < 4.78 is 42.8. The number of rotatable bonds is 8. The van der Waals surface area contributed by atoms with Crippen LogP contribution < -0.4 is 24.7 Å². The fraction of sp³-hybridized carbons (Fsp3) is 0.143. The van der Waals surface area contributed by atoms with E-state index < -0.39 is 17.7 Å². The van der Waals surface area contributed by atoms with Gasteiger partial charge in [-0.2, -0.15) is 5.26 Å². The first-order chi connectivity index (χ1) is 22.2. The van der Waals surface area contributed by atoms with E-state index in [-0.39, 0.29) is 29.6 Å². The van der Waals surface area contributed by atoms with Gasteiger partial charge in [0.1, 0.15) is 41.1 Å². The normalized spacial score (nSPS) is 14.0. The molecule has 232 valence electrons. The highest BCUT2D eigenvalue weighted by Gasteiger charge is 2.32. The molecule has 1 unspecified atom stereocenters. The Labute approximate surface area is 273 Å². The van der Waals surface area contributed by atoms with Crippen LogP contribution in [0, 0.1) is 24.1 Å². The van der Waals surface area contributed by atoms with Crippen molar-refractivity contribution in [1.29, 1.82) is 5.26 Å². The number of aryl methyl sites for hydroxylation is 1. The number of halogens is 3. The zero-order valence-corrected chi connectivity index (χ0v) is 26.0. The number of nitriles is 1. The minimum Gasteiger partial charge on any atom is -0.490 e. The molecule has 0 amide bonds. The number of hydrogen-bond donors (Lipinski definition) is 1. The molecule has 1 atom stereocenters. The molecule has 46 heavy (non-hydrogen) atoms. The molecule has 0 bridgehead atoms. The highest BCUT2D eigenvalue weighted by molar-refractivity contribution is 6.35. The summed E-state index contributed by atoms with van der Waals surface area (Å²) in [4.78, 5) is 13.0. The minimum absolute atomic E-state index is 0.0487. The molecule has 0 spiro atoms. The summed E-state index contributed by atoms with van der Waals surface area (Å²) >= 11 is 12.3. The Morgan fingerprint density at radius 3 is 2.61 bits per heavy atom. The topological polar surface area (TPSA) is 117 Å². The van der Waals surface area contributed by atoms with E-state index in [1.54, 1.807) is 49.4 Å². The maximum Gasteiger partial charge on any atom is 0.379 e. The maximum atomic E-state index is 13.7. The van der Waals surface area contributed by atoms with Gasteiger partial charge in [0.25, 0.3) is 0 Å². The van der Waals surface area contributed by atoms with E-state index in [1.165, 1.54) is 24.3 Å². The lowest BCUT2D eigenvalue weighted by molar-refractivity contribution is 0.0702. The molecule has 1 aliphatic heterocycles. The van der Waals surface area contributed by atoms with Gasteiger partial charge in [0.15, 0.2) is 11.5 Å². The largest absolute Gasteiger partial charge is 0.490 e. The lowest BCUT2D eigenvalue weighted by Crippen LogP contribution is -2.21. The number of esters is 1. The number of ether oxygens (including phenoxy) is 4. The van der Waals surface area contributed by atoms with Crippen molar-refractivity contribution in [1.82, 2.24) is 0 Å². The summed E-state index contributed by atoms with van der Waals surface area (Å²) in [6, 6.07) is 21.5. The molecule has 0 saturated heterocycles. The van der Waals surface area contributed by atoms with Crippen LogP contribution >= 0.6 is 23.2 Å². The average Bonchev–Trinajstić information content (AvgIpc) is 3.36. The highest BCUT2D eigenvalue weighted by atomic mass is 35.5. The third-order valence-electron chi connectivity index (χ3n) is 7.48. The fourth-order valence-corrected chi connectivity index (χ4v) is 5.73. The lowest BCUT2D eigenvalue weighted by Gasteiger charge is -2.27. The van der Waals surface area contributed by atoms with Gasteiger partial charge in [0.2, 0.25) is 11.6 Å². The van der Waals surface area contributed by atoms with Gasteiger partial charge in [0, 0.05) is 38.2 Å². The van der Waals surface area contributed by atoms with Crippen LogP contribution in [0.25, 0.3) is 11.0 Å². The predicted octanol–water partition coefficient (Wildman–Crippen LogP) is 8.60. The quantitative estimate of drug-likeness (QED) is 0.130. The second-order valence-corrected chi connectivity index (χ2v) is 11.2. The SMILES string of the molecule is CCOc1cc(C2C(C#N)=C(N)Oc3cc(OC(=O)c4oc5ccc(F)cc5c4C)ccc32)ccc1OCc1ccc(Cl)cc1Cl. The van der Waals surface area contributed by atoms with Gasteiger partial charge in [-0.15, -0.1) is 0 Å². The smallest absolute Gasteiger partial charge is 0.379 e. The van der Waals surface area contributed by atoms with Crippen molar-refractivity contribution in [3.63, 3.8) is 0 Å². The Morgan fingerprint density at radius 1 is 1.02 bits per heavy atom. The van der Waals surface area contributed by atoms with Crippen LogP contribution in [0.4, 0.5) is 4.39 Å². The first-order valence-electron chi connectivity index (χ1n) is 14.1. The van der Waals surface area contributed by atoms with Gasteiger partial charge in [-0.25, -0.2) is 9.18 Å². The molecule has 11 heteroatoms. The molecule has 0 saturated carbocycles. The monoisotopic (exact) mass is 658 g/mol. The second-order valence-electron chi connectivity index (χ2n) is 10.4. The summed E-state index contributed by atoms with van der Waals surface area (Å²) in [6.07, 6.45) is 0. The van der Waals surface area contributed by atoms with Gasteiger partial charge in [-0.05, 0) is 67.9 Å². The fourth-order valence-electron chi connectivity index (χ4n) is 5.27. The van der Waals surface area contributed by atoms with Crippen molar-refractivity contribution in [2.45, 2.75) is 26.4 Å². The number of hydrogen-bond acceptors (Lipinski definition) is 8. The second kappa shape index (κ2) is 12.7. The Kier molecular flexibility index (Phi) is 8.50. The number of carbonyl (C=O) groups excluding carboxylic acids is 1. The van der Waals surface area contributed by atoms with Crippen LogP contribution in [-0.2, 0) is 6.61 Å². The predicted molar refractivity (Wildman–Crippen MR) is 170 cm³/mol. The zero-order valence-electron chi connectivity index (χ0n) is 24.5. The summed E-state index contributed by atoms with van der Waals surface area (Å²) in [6.45, 7) is 4.04. The van der Waals surface area contributed by atoms with E-state index in [1.807, 2.05) is 13.0 Å². The van der Waals surface area contributed by atoms with Crippen molar-refractivity contribution < 1.29 is 32.5 Å². The van der Waals surface area contributed by atoms with Crippen molar-refractivity contribution in [3.8, 4) is 29.1 Å². The van der Waals surface area contributed by atoms with Gasteiger partial charge < -0.3 is 29.1 Å². The lowest BCUT2D eigenvalue weighted by atomic mass is 9.83. The number of carbonyl (C=O) groups is 1. The van der Waals surface area contributed by atoms with E-state index in [0.29, 0.717) is 61.6 Å². The Bertz CT molecular complexity index is 2080. The number of furan rings is 1. The van der Waals surface area contributed by atoms with Crippen molar-refractivity contribution in [3.05, 3.63) is 128 Å². The first-order valence-corrected chi connectivity index (χ1v) is 14.9. The van der Waals surface area contributed by atoms with Crippen LogP contribution in [0.1, 0.15) is 45.7 Å². The highest BCUT2D eigenvalue weighted by Crippen LogP contribution is 2.45. The Morgan fingerprint density at radius 2 is 1.85 bits per heavy atom. The summed E-state index contributed by atoms with van der Waals surface area (Å²) in [5, 5.41) is 11.5. The van der Waals surface area contributed by atoms with E-state index >= 15 is 0 Å². The van der Waals surface area contributed by atoms with E-state index in [9.17, 15) is 14.4 Å². The maximum absolute atomic E-state index is 13.7. The van der Waals surface area contributed by atoms with Crippen LogP contribution in [0.5, 0.6) is 23.0 Å². The Balaban J connectivity index is 1.29. The molecule has 0 aliphatic carbocycles. The van der Waals surface area contributed by atoms with Crippen LogP contribution in [0.2, 0.25) is 10.0 Å². The van der Waals surface area contributed by atoms with Gasteiger partial charge in [-0.1, -0.05) is 41.4 Å². The van der Waals surface area contributed by atoms with Crippen molar-refractivity contribution >= 4 is 40.1 Å². The molecule has 2 heterocycles. The zero-order chi connectivity index (χ0) is 32.5. The number of nitrogens with zero attached hydrogens (tertiary/aromatic N) is 1. The third kappa shape index (κ3) is 5.93. The van der Waals surface area contributed by atoms with E-state index in [0.717, 1.165) is 5.56 Å². The van der Waals surface area contributed by atoms with Gasteiger partial charge in [0.05, 0.1) is 12.5 Å². The molecule has 8 nitrogen and oxygen atoms in total. The molecule has 0 fully saturated rings. The van der Waals surface area contributed by atoms with E-state index in [4.69, 9.17) is 52.3 Å². The number of allylic oxidation sites excluding steroid dienone is 1. The molecule has 0 radical (unpaired) electrons. The Hall–Kier alpha value is -5.17. The van der Waals surface area contributed by atoms with E-state index in [2.05, 4.69) is 6.07 Å². The summed E-state index contributed by atoms with van der Waals surface area (Å²) in [7, 11) is 0. The molecule has 5 aromatic rings. The molecular formula is C35H25Cl2FN2O6. The van der Waals surface area contributed by atoms with Gasteiger partial charge >= 0.3 is 5.97 Å². The first kappa shape index (κ1) is 30.8. The minimum atomic E-state index is -0.764. The standard InChI is InChI=1S/C35H25Cl2FN2O6/c1-3-42-31-12-19(5-10-29(31)43-17-20-4-6-21(36)13-27(20)37)32-24-9-8-23(15-30(24)46-34(40)26(32)16-39)44-35(41)33-18(2)25-14-22(38)7-11-28(25)45-33/h4-15,32H,3,17,40H2,1-2H3. The van der Waals surface area contributed by atoms with Crippen LogP contribution in [0.3, 0.4) is 0 Å². The number of nitrogens with two attached hydrogens (primary N) is 1. The average molecular weight is 659 g/mol. The molecule has 1 aromatic heterocycles. The molecule has 2 N–H and O–H groups in total. The summed E-state index contributed by atoms with van der Waals surface area (Å²) in [5.41, 5.74) is 9.29. The molecular weight excluding hydrogens is 634 g/mol. The summed E-state index contributed by atoms with van der Waals surface area (Å²) in [5.74, 6) is -0.581. The number of fused-ring (bicyclic) bond motifs is 2. The molecule has 4 aromatic carbocycles. The van der Waals surface area contributed by atoms with Crippen molar-refractivity contribution in [2.75, 3.05) is 6.61 Å². The van der Waals surface area contributed by atoms with Crippen molar-refractivity contribution in [2.24, 2.45) is 5.73 Å². The van der Waals surface area contributed by atoms with Gasteiger partial charge in [-0.3, -0.25) is 0 Å².